The number of hydrogen-bond acceptors (Lipinski definition) is 4. The Morgan fingerprint density at radius 3 is 2.62 bits per heavy atom. The van der Waals surface area contributed by atoms with Gasteiger partial charge in [-0.1, -0.05) is 24.3 Å². The summed E-state index contributed by atoms with van der Waals surface area (Å²) in [4.78, 5) is 10.4. The monoisotopic (exact) mass is 281 g/mol. The van der Waals surface area contributed by atoms with E-state index < -0.39 is 4.92 Å². The van der Waals surface area contributed by atoms with Crippen molar-refractivity contribution in [3.63, 3.8) is 0 Å². The second-order valence-electron chi connectivity index (χ2n) is 4.75. The van der Waals surface area contributed by atoms with Gasteiger partial charge in [-0.25, -0.2) is 0 Å². The van der Waals surface area contributed by atoms with Crippen LogP contribution in [0.1, 0.15) is 24.1 Å². The van der Waals surface area contributed by atoms with Crippen LogP contribution in [0.15, 0.2) is 48.5 Å². The lowest BCUT2D eigenvalue weighted by atomic mass is 10.1. The number of nitriles is 1. The highest BCUT2D eigenvalue weighted by atomic mass is 16.6. The Morgan fingerprint density at radius 2 is 2.00 bits per heavy atom. The maximum absolute atomic E-state index is 10.8. The number of non-ortho nitro benzene ring substituents is 1. The molecule has 0 spiro atoms. The standard InChI is InChI=1S/C16H15N3O2/c1-12(14-3-2-4-16(11-14)19(20)21)18-15-7-5-13(6-8-15)9-10-17/h2-8,11-12,18H,9H2,1H3. The summed E-state index contributed by atoms with van der Waals surface area (Å²) in [5.74, 6) is 0. The molecule has 2 aromatic carbocycles. The summed E-state index contributed by atoms with van der Waals surface area (Å²) in [6.45, 7) is 1.95. The first-order valence-electron chi connectivity index (χ1n) is 6.57. The molecule has 1 atom stereocenters. The lowest BCUT2D eigenvalue weighted by Crippen LogP contribution is -2.07. The smallest absolute Gasteiger partial charge is 0.269 e. The van der Waals surface area contributed by atoms with Gasteiger partial charge in [0.2, 0.25) is 0 Å². The van der Waals surface area contributed by atoms with Gasteiger partial charge in [0.1, 0.15) is 0 Å². The quantitative estimate of drug-likeness (QED) is 0.667. The first-order chi connectivity index (χ1) is 10.1. The van der Waals surface area contributed by atoms with E-state index in [1.54, 1.807) is 12.1 Å². The van der Waals surface area contributed by atoms with Gasteiger partial charge in [0.25, 0.3) is 5.69 Å². The Morgan fingerprint density at radius 1 is 1.29 bits per heavy atom. The molecule has 2 rings (SSSR count). The number of benzene rings is 2. The van der Waals surface area contributed by atoms with Crippen molar-refractivity contribution in [3.05, 3.63) is 69.8 Å². The van der Waals surface area contributed by atoms with E-state index >= 15 is 0 Å². The molecular formula is C16H15N3O2. The highest BCUT2D eigenvalue weighted by Gasteiger charge is 2.10. The van der Waals surface area contributed by atoms with Crippen molar-refractivity contribution in [2.75, 3.05) is 5.32 Å². The zero-order valence-electron chi connectivity index (χ0n) is 11.6. The minimum absolute atomic E-state index is 0.0493. The summed E-state index contributed by atoms with van der Waals surface area (Å²) < 4.78 is 0. The number of nitro benzene ring substituents is 1. The number of nitro groups is 1. The van der Waals surface area contributed by atoms with Crippen molar-refractivity contribution in [3.8, 4) is 6.07 Å². The lowest BCUT2D eigenvalue weighted by molar-refractivity contribution is -0.384. The number of rotatable bonds is 5. The minimum Gasteiger partial charge on any atom is -0.379 e. The van der Waals surface area contributed by atoms with Crippen LogP contribution in [0.3, 0.4) is 0 Å². The molecule has 2 aromatic rings. The molecule has 21 heavy (non-hydrogen) atoms. The van der Waals surface area contributed by atoms with Gasteiger partial charge in [-0.2, -0.15) is 5.26 Å². The molecule has 0 amide bonds. The Labute approximate surface area is 123 Å². The molecular weight excluding hydrogens is 266 g/mol. The third kappa shape index (κ3) is 3.80. The molecule has 0 saturated carbocycles. The van der Waals surface area contributed by atoms with E-state index in [1.165, 1.54) is 6.07 Å². The molecule has 0 fully saturated rings. The van der Waals surface area contributed by atoms with Crippen molar-refractivity contribution in [2.24, 2.45) is 0 Å². The van der Waals surface area contributed by atoms with Crippen molar-refractivity contribution < 1.29 is 4.92 Å². The zero-order chi connectivity index (χ0) is 15.2. The second kappa shape index (κ2) is 6.53. The molecule has 0 radical (unpaired) electrons. The van der Waals surface area contributed by atoms with Gasteiger partial charge in [-0.3, -0.25) is 10.1 Å². The molecule has 1 unspecified atom stereocenters. The Kier molecular flexibility index (Phi) is 4.52. The number of anilines is 1. The predicted octanol–water partition coefficient (Wildman–Crippen LogP) is 3.83. The van der Waals surface area contributed by atoms with Crippen LogP contribution >= 0.6 is 0 Å². The average molecular weight is 281 g/mol. The summed E-state index contributed by atoms with van der Waals surface area (Å²) in [6, 6.07) is 16.2. The van der Waals surface area contributed by atoms with Crippen molar-refractivity contribution in [1.29, 1.82) is 5.26 Å². The molecule has 0 heterocycles. The van der Waals surface area contributed by atoms with Crippen LogP contribution in [0, 0.1) is 21.4 Å². The molecule has 0 aliphatic heterocycles. The van der Waals surface area contributed by atoms with Crippen molar-refractivity contribution >= 4 is 11.4 Å². The van der Waals surface area contributed by atoms with Crippen LogP contribution in [0.2, 0.25) is 0 Å². The normalized spacial score (nSPS) is 11.4. The number of hydrogen-bond donors (Lipinski definition) is 1. The van der Waals surface area contributed by atoms with Crippen LogP contribution in [-0.2, 0) is 6.42 Å². The van der Waals surface area contributed by atoms with Crippen LogP contribution in [-0.4, -0.2) is 4.92 Å². The van der Waals surface area contributed by atoms with Gasteiger partial charge in [0, 0.05) is 23.9 Å². The molecule has 5 heteroatoms. The molecule has 5 nitrogen and oxygen atoms in total. The molecule has 1 N–H and O–H groups in total. The van der Waals surface area contributed by atoms with Crippen LogP contribution < -0.4 is 5.32 Å². The number of nitrogens with zero attached hydrogens (tertiary/aromatic N) is 2. The summed E-state index contributed by atoms with van der Waals surface area (Å²) in [6.07, 6.45) is 0.390. The van der Waals surface area contributed by atoms with E-state index in [-0.39, 0.29) is 11.7 Å². The Balaban J connectivity index is 2.10. The number of nitrogens with one attached hydrogen (secondary N) is 1. The third-order valence-electron chi connectivity index (χ3n) is 3.20. The molecule has 0 aliphatic carbocycles. The fourth-order valence-electron chi connectivity index (χ4n) is 2.05. The van der Waals surface area contributed by atoms with E-state index in [0.717, 1.165) is 16.8 Å². The summed E-state index contributed by atoms with van der Waals surface area (Å²) in [7, 11) is 0. The SMILES string of the molecule is CC(Nc1ccc(CC#N)cc1)c1cccc([N+](=O)[O-])c1. The van der Waals surface area contributed by atoms with E-state index in [0.29, 0.717) is 6.42 Å². The third-order valence-corrected chi connectivity index (χ3v) is 3.20. The zero-order valence-corrected chi connectivity index (χ0v) is 11.6. The minimum atomic E-state index is -0.396. The van der Waals surface area contributed by atoms with E-state index in [9.17, 15) is 10.1 Å². The fraction of sp³-hybridized carbons (Fsp3) is 0.188. The van der Waals surface area contributed by atoms with Gasteiger partial charge in [-0.15, -0.1) is 0 Å². The van der Waals surface area contributed by atoms with Crippen molar-refractivity contribution in [1.82, 2.24) is 0 Å². The van der Waals surface area contributed by atoms with E-state index in [2.05, 4.69) is 11.4 Å². The predicted molar refractivity (Wildman–Crippen MR) is 80.9 cm³/mol. The van der Waals surface area contributed by atoms with E-state index in [4.69, 9.17) is 5.26 Å². The topological polar surface area (TPSA) is 79.0 Å². The summed E-state index contributed by atoms with van der Waals surface area (Å²) in [5.41, 5.74) is 2.82. The highest BCUT2D eigenvalue weighted by molar-refractivity contribution is 5.48. The van der Waals surface area contributed by atoms with Gasteiger partial charge < -0.3 is 5.32 Å². The maximum atomic E-state index is 10.8. The molecule has 0 saturated heterocycles. The first kappa shape index (κ1) is 14.5. The van der Waals surface area contributed by atoms with Gasteiger partial charge in [0.05, 0.1) is 17.4 Å². The van der Waals surface area contributed by atoms with Gasteiger partial charge in [-0.05, 0) is 30.2 Å². The largest absolute Gasteiger partial charge is 0.379 e. The molecule has 106 valence electrons. The lowest BCUT2D eigenvalue weighted by Gasteiger charge is -2.15. The van der Waals surface area contributed by atoms with Crippen LogP contribution in [0.5, 0.6) is 0 Å². The van der Waals surface area contributed by atoms with Crippen LogP contribution in [0.4, 0.5) is 11.4 Å². The van der Waals surface area contributed by atoms with Crippen LogP contribution in [0.25, 0.3) is 0 Å². The Bertz CT molecular complexity index is 675. The molecule has 0 aliphatic rings. The van der Waals surface area contributed by atoms with E-state index in [1.807, 2.05) is 37.3 Å². The maximum Gasteiger partial charge on any atom is 0.269 e. The molecule has 0 aromatic heterocycles. The van der Waals surface area contributed by atoms with Crippen molar-refractivity contribution in [2.45, 2.75) is 19.4 Å². The summed E-state index contributed by atoms with van der Waals surface area (Å²) >= 11 is 0. The second-order valence-corrected chi connectivity index (χ2v) is 4.75. The average Bonchev–Trinajstić information content (AvgIpc) is 2.49. The van der Waals surface area contributed by atoms with Gasteiger partial charge in [0.15, 0.2) is 0 Å². The first-order valence-corrected chi connectivity index (χ1v) is 6.57. The van der Waals surface area contributed by atoms with Gasteiger partial charge >= 0.3 is 0 Å². The fourth-order valence-corrected chi connectivity index (χ4v) is 2.05. The highest BCUT2D eigenvalue weighted by Crippen LogP contribution is 2.23. The Hall–Kier alpha value is -2.87. The molecule has 0 bridgehead atoms. The summed E-state index contributed by atoms with van der Waals surface area (Å²) in [5, 5.41) is 22.7.